The van der Waals surface area contributed by atoms with E-state index in [-0.39, 0.29) is 24.2 Å². The van der Waals surface area contributed by atoms with E-state index >= 15 is 0 Å². The van der Waals surface area contributed by atoms with Crippen LogP contribution in [0.5, 0.6) is 5.75 Å². The van der Waals surface area contributed by atoms with Crippen LogP contribution in [0.4, 0.5) is 5.69 Å². The van der Waals surface area contributed by atoms with Gasteiger partial charge in [0.05, 0.1) is 11.7 Å². The fourth-order valence-electron chi connectivity index (χ4n) is 3.40. The minimum absolute atomic E-state index is 0.00622. The minimum Gasteiger partial charge on any atom is -0.482 e. The zero-order valence-electron chi connectivity index (χ0n) is 14.6. The Bertz CT molecular complexity index is 937. The van der Waals surface area contributed by atoms with Crippen molar-refractivity contribution in [2.24, 2.45) is 0 Å². The number of benzene rings is 2. The monoisotopic (exact) mass is 350 g/mol. The molecule has 26 heavy (non-hydrogen) atoms. The summed E-state index contributed by atoms with van der Waals surface area (Å²) in [6, 6.07) is 11.8. The Kier molecular flexibility index (Phi) is 3.76. The maximum absolute atomic E-state index is 13.0. The van der Waals surface area contributed by atoms with Gasteiger partial charge in [0.1, 0.15) is 5.75 Å². The SMILES string of the molecule is CC(C(=O)c1ccc2c(c1)N(C)C(=O)CO2)N1Cc2ccccc2C1=O. The summed E-state index contributed by atoms with van der Waals surface area (Å²) in [5, 5.41) is 0. The van der Waals surface area contributed by atoms with E-state index in [0.717, 1.165) is 5.56 Å². The molecule has 2 aliphatic heterocycles. The van der Waals surface area contributed by atoms with E-state index in [1.807, 2.05) is 18.2 Å². The lowest BCUT2D eigenvalue weighted by atomic mass is 10.0. The maximum Gasteiger partial charge on any atom is 0.264 e. The average Bonchev–Trinajstić information content (AvgIpc) is 3.00. The van der Waals surface area contributed by atoms with E-state index in [1.165, 1.54) is 4.90 Å². The third-order valence-electron chi connectivity index (χ3n) is 5.03. The summed E-state index contributed by atoms with van der Waals surface area (Å²) in [4.78, 5) is 40.4. The van der Waals surface area contributed by atoms with Crippen LogP contribution in [0.1, 0.15) is 33.2 Å². The molecule has 2 aliphatic rings. The summed E-state index contributed by atoms with van der Waals surface area (Å²) in [6.07, 6.45) is 0. The number of hydrogen-bond acceptors (Lipinski definition) is 4. The first-order chi connectivity index (χ1) is 12.5. The first-order valence-corrected chi connectivity index (χ1v) is 8.44. The van der Waals surface area contributed by atoms with Crippen molar-refractivity contribution in [2.45, 2.75) is 19.5 Å². The van der Waals surface area contributed by atoms with Crippen LogP contribution in [0.3, 0.4) is 0 Å². The Balaban J connectivity index is 1.61. The van der Waals surface area contributed by atoms with Crippen LogP contribution in [0, 0.1) is 0 Å². The number of ketones is 1. The lowest BCUT2D eigenvalue weighted by Gasteiger charge is -2.27. The van der Waals surface area contributed by atoms with Gasteiger partial charge < -0.3 is 14.5 Å². The lowest BCUT2D eigenvalue weighted by molar-refractivity contribution is -0.120. The molecule has 0 saturated heterocycles. The van der Waals surface area contributed by atoms with Crippen LogP contribution in [0.15, 0.2) is 42.5 Å². The molecule has 0 bridgehead atoms. The molecule has 0 fully saturated rings. The van der Waals surface area contributed by atoms with E-state index in [2.05, 4.69) is 0 Å². The highest BCUT2D eigenvalue weighted by molar-refractivity contribution is 6.07. The van der Waals surface area contributed by atoms with Crippen molar-refractivity contribution in [2.75, 3.05) is 18.6 Å². The van der Waals surface area contributed by atoms with Crippen molar-refractivity contribution in [3.8, 4) is 5.75 Å². The molecule has 132 valence electrons. The number of rotatable bonds is 3. The van der Waals surface area contributed by atoms with Crippen molar-refractivity contribution < 1.29 is 19.1 Å². The predicted molar refractivity (Wildman–Crippen MR) is 95.5 cm³/mol. The van der Waals surface area contributed by atoms with Crippen molar-refractivity contribution in [3.63, 3.8) is 0 Å². The number of hydrogen-bond donors (Lipinski definition) is 0. The standard InChI is InChI=1S/C20H18N2O4/c1-12(22-10-14-5-3-4-6-15(14)20(22)25)19(24)13-7-8-17-16(9-13)21(2)18(23)11-26-17/h3-9,12H,10-11H2,1-2H3. The molecular weight excluding hydrogens is 332 g/mol. The molecule has 1 atom stereocenters. The summed E-state index contributed by atoms with van der Waals surface area (Å²) in [7, 11) is 1.65. The Morgan fingerprint density at radius 1 is 1.15 bits per heavy atom. The molecule has 2 aromatic rings. The number of likely N-dealkylation sites (N-methyl/N-ethyl adjacent to an activating group) is 1. The second kappa shape index (κ2) is 5.98. The Morgan fingerprint density at radius 3 is 2.69 bits per heavy atom. The zero-order valence-corrected chi connectivity index (χ0v) is 14.6. The van der Waals surface area contributed by atoms with Gasteiger partial charge in [-0.2, -0.15) is 0 Å². The molecule has 2 aromatic carbocycles. The van der Waals surface area contributed by atoms with Crippen LogP contribution in [-0.4, -0.2) is 42.2 Å². The molecule has 0 N–H and O–H groups in total. The number of fused-ring (bicyclic) bond motifs is 2. The van der Waals surface area contributed by atoms with Crippen LogP contribution in [0.2, 0.25) is 0 Å². The smallest absolute Gasteiger partial charge is 0.264 e. The molecule has 0 saturated carbocycles. The van der Waals surface area contributed by atoms with Gasteiger partial charge in [0.15, 0.2) is 12.4 Å². The molecule has 0 aliphatic carbocycles. The van der Waals surface area contributed by atoms with Gasteiger partial charge in [-0.15, -0.1) is 0 Å². The number of amides is 2. The highest BCUT2D eigenvalue weighted by Crippen LogP contribution is 2.33. The quantitative estimate of drug-likeness (QED) is 0.797. The van der Waals surface area contributed by atoms with Crippen molar-refractivity contribution in [1.82, 2.24) is 4.90 Å². The third kappa shape index (κ3) is 2.45. The van der Waals surface area contributed by atoms with Crippen LogP contribution in [-0.2, 0) is 11.3 Å². The van der Waals surface area contributed by atoms with Crippen molar-refractivity contribution >= 4 is 23.3 Å². The topological polar surface area (TPSA) is 66.9 Å². The van der Waals surface area contributed by atoms with E-state index < -0.39 is 6.04 Å². The molecule has 2 amide bonds. The Morgan fingerprint density at radius 2 is 1.92 bits per heavy atom. The summed E-state index contributed by atoms with van der Waals surface area (Å²) in [5.74, 6) is 0.108. The molecule has 0 spiro atoms. The second-order valence-electron chi connectivity index (χ2n) is 6.55. The minimum atomic E-state index is -0.599. The highest BCUT2D eigenvalue weighted by Gasteiger charge is 2.34. The van der Waals surface area contributed by atoms with Gasteiger partial charge in [0.25, 0.3) is 11.8 Å². The van der Waals surface area contributed by atoms with Crippen molar-refractivity contribution in [1.29, 1.82) is 0 Å². The predicted octanol–water partition coefficient (Wildman–Crippen LogP) is 2.27. The molecule has 4 rings (SSSR count). The number of carbonyl (C=O) groups is 3. The van der Waals surface area contributed by atoms with E-state index in [9.17, 15) is 14.4 Å². The summed E-state index contributed by atoms with van der Waals surface area (Å²) < 4.78 is 5.39. The Hall–Kier alpha value is -3.15. The van der Waals surface area contributed by atoms with E-state index in [1.54, 1.807) is 43.1 Å². The van der Waals surface area contributed by atoms with Crippen molar-refractivity contribution in [3.05, 3.63) is 59.2 Å². The molecule has 2 heterocycles. The molecule has 6 nitrogen and oxygen atoms in total. The summed E-state index contributed by atoms with van der Waals surface area (Å²) >= 11 is 0. The molecule has 6 heteroatoms. The fourth-order valence-corrected chi connectivity index (χ4v) is 3.40. The van der Waals surface area contributed by atoms with Gasteiger partial charge in [-0.05, 0) is 36.8 Å². The van der Waals surface area contributed by atoms with Gasteiger partial charge in [-0.25, -0.2) is 0 Å². The Labute approximate surface area is 151 Å². The van der Waals surface area contributed by atoms with Gasteiger partial charge >= 0.3 is 0 Å². The number of anilines is 1. The van der Waals surface area contributed by atoms with Gasteiger partial charge in [-0.3, -0.25) is 14.4 Å². The molecular formula is C20H18N2O4. The molecule has 0 aromatic heterocycles. The van der Waals surface area contributed by atoms with Gasteiger partial charge in [0.2, 0.25) is 0 Å². The van der Waals surface area contributed by atoms with Gasteiger partial charge in [0, 0.05) is 24.7 Å². The lowest BCUT2D eigenvalue weighted by Crippen LogP contribution is -2.39. The average molecular weight is 350 g/mol. The second-order valence-corrected chi connectivity index (χ2v) is 6.55. The zero-order chi connectivity index (χ0) is 18.4. The fraction of sp³-hybridized carbons (Fsp3) is 0.250. The van der Waals surface area contributed by atoms with E-state index in [0.29, 0.717) is 29.1 Å². The maximum atomic E-state index is 13.0. The van der Waals surface area contributed by atoms with Gasteiger partial charge in [-0.1, -0.05) is 18.2 Å². The molecule has 1 unspecified atom stereocenters. The summed E-state index contributed by atoms with van der Waals surface area (Å²) in [5.41, 5.74) is 2.60. The van der Waals surface area contributed by atoms with Crippen LogP contribution in [0.25, 0.3) is 0 Å². The van der Waals surface area contributed by atoms with Crippen LogP contribution >= 0.6 is 0 Å². The third-order valence-corrected chi connectivity index (χ3v) is 5.03. The number of Topliss-reactive ketones (excluding diaryl/α,β-unsaturated/α-hetero) is 1. The first kappa shape index (κ1) is 16.3. The van der Waals surface area contributed by atoms with Crippen LogP contribution < -0.4 is 9.64 Å². The number of nitrogens with zero attached hydrogens (tertiary/aromatic N) is 2. The first-order valence-electron chi connectivity index (χ1n) is 8.44. The largest absolute Gasteiger partial charge is 0.482 e. The van der Waals surface area contributed by atoms with E-state index in [4.69, 9.17) is 4.74 Å². The summed E-state index contributed by atoms with van der Waals surface area (Å²) in [6.45, 7) is 2.15. The normalized spacial score (nSPS) is 16.8. The number of carbonyl (C=O) groups excluding carboxylic acids is 3. The highest BCUT2D eigenvalue weighted by atomic mass is 16.5. The molecule has 0 radical (unpaired) electrons. The number of ether oxygens (including phenoxy) is 1.